The predicted molar refractivity (Wildman–Crippen MR) is 97.1 cm³/mol. The van der Waals surface area contributed by atoms with Crippen molar-refractivity contribution in [3.8, 4) is 5.19 Å². The fraction of sp³-hybridized carbons (Fsp3) is 0.438. The van der Waals surface area contributed by atoms with E-state index >= 15 is 0 Å². The number of sulfonamides is 1. The lowest BCUT2D eigenvalue weighted by Gasteiger charge is -2.31. The molecule has 0 N–H and O–H groups in total. The lowest BCUT2D eigenvalue weighted by atomic mass is 9.89. The van der Waals surface area contributed by atoms with Gasteiger partial charge in [0.15, 0.2) is 9.86 Å². The maximum absolute atomic E-state index is 12.8. The summed E-state index contributed by atoms with van der Waals surface area (Å²) in [5.74, 6) is 0.311. The third kappa shape index (κ3) is 2.97. The van der Waals surface area contributed by atoms with Crippen LogP contribution in [0.25, 0.3) is 5.65 Å². The summed E-state index contributed by atoms with van der Waals surface area (Å²) in [6, 6.07) is 2.02. The minimum atomic E-state index is -3.51. The Morgan fingerprint density at radius 1 is 1.27 bits per heavy atom. The number of aromatic nitrogens is 4. The number of fused-ring (bicyclic) bond motifs is 1. The first-order valence-corrected chi connectivity index (χ1v) is 10.5. The van der Waals surface area contributed by atoms with Crippen molar-refractivity contribution in [2.24, 2.45) is 0 Å². The van der Waals surface area contributed by atoms with Crippen molar-refractivity contribution < 1.29 is 13.2 Å². The molecule has 1 saturated heterocycles. The number of aryl methyl sites for hydroxylation is 1. The number of hydrogen-bond donors (Lipinski definition) is 0. The van der Waals surface area contributed by atoms with E-state index in [1.807, 2.05) is 12.3 Å². The van der Waals surface area contributed by atoms with E-state index in [4.69, 9.17) is 4.74 Å². The summed E-state index contributed by atoms with van der Waals surface area (Å²) >= 11 is 1.05. The Morgan fingerprint density at radius 3 is 2.73 bits per heavy atom. The molecule has 3 aromatic rings. The quantitative estimate of drug-likeness (QED) is 0.674. The normalized spacial score (nSPS) is 17.0. The second kappa shape index (κ2) is 6.60. The molecule has 0 unspecified atom stereocenters. The number of thiazole rings is 1. The highest BCUT2D eigenvalue weighted by atomic mass is 32.2. The molecule has 1 aliphatic heterocycles. The van der Waals surface area contributed by atoms with Crippen LogP contribution < -0.4 is 4.74 Å². The molecule has 10 heteroatoms. The zero-order valence-electron chi connectivity index (χ0n) is 14.5. The van der Waals surface area contributed by atoms with Gasteiger partial charge in [0.25, 0.3) is 15.2 Å². The largest absolute Gasteiger partial charge is 0.473 e. The van der Waals surface area contributed by atoms with Crippen molar-refractivity contribution >= 4 is 27.0 Å². The van der Waals surface area contributed by atoms with Gasteiger partial charge in [-0.3, -0.25) is 0 Å². The number of pyridine rings is 1. The number of nitrogens with zero attached hydrogens (tertiary/aromatic N) is 5. The summed E-state index contributed by atoms with van der Waals surface area (Å²) < 4.78 is 34.1. The molecule has 0 atom stereocenters. The molecule has 8 nitrogen and oxygen atoms in total. The van der Waals surface area contributed by atoms with Crippen LogP contribution in [0.4, 0.5) is 0 Å². The van der Waals surface area contributed by atoms with Crippen LogP contribution in [-0.2, 0) is 10.0 Å². The average Bonchev–Trinajstić information content (AvgIpc) is 3.30. The molecule has 1 fully saturated rings. The van der Waals surface area contributed by atoms with Crippen LogP contribution in [0.15, 0.2) is 29.0 Å². The summed E-state index contributed by atoms with van der Waals surface area (Å²) in [6.45, 7) is 3.04. The van der Waals surface area contributed by atoms with Crippen molar-refractivity contribution in [2.75, 3.05) is 20.2 Å². The van der Waals surface area contributed by atoms with E-state index in [0.29, 0.717) is 24.2 Å². The maximum Gasteiger partial charge on any atom is 0.274 e. The Balaban J connectivity index is 1.52. The second-order valence-corrected chi connectivity index (χ2v) is 9.46. The lowest BCUT2D eigenvalue weighted by molar-refractivity contribution is 0.319. The summed E-state index contributed by atoms with van der Waals surface area (Å²) in [7, 11) is -2.03. The first kappa shape index (κ1) is 17.4. The number of methoxy groups -OCH3 is 1. The molecule has 1 aliphatic rings. The molecule has 0 aliphatic carbocycles. The van der Waals surface area contributed by atoms with Crippen LogP contribution in [0.3, 0.4) is 0 Å². The molecule has 138 valence electrons. The Bertz CT molecular complexity index is 1040. The number of hydrogen-bond acceptors (Lipinski definition) is 7. The van der Waals surface area contributed by atoms with E-state index in [1.54, 1.807) is 8.82 Å². The van der Waals surface area contributed by atoms with Crippen molar-refractivity contribution in [3.63, 3.8) is 0 Å². The smallest absolute Gasteiger partial charge is 0.274 e. The first-order valence-electron chi connectivity index (χ1n) is 8.29. The fourth-order valence-electron chi connectivity index (χ4n) is 3.39. The summed E-state index contributed by atoms with van der Waals surface area (Å²) in [5.41, 5.74) is 3.20. The number of ether oxygens (including phenoxy) is 1. The van der Waals surface area contributed by atoms with E-state index in [9.17, 15) is 8.42 Å². The van der Waals surface area contributed by atoms with Crippen LogP contribution in [0.2, 0.25) is 0 Å². The molecule has 0 spiro atoms. The second-order valence-electron chi connectivity index (χ2n) is 6.30. The maximum atomic E-state index is 12.8. The van der Waals surface area contributed by atoms with Gasteiger partial charge < -0.3 is 4.74 Å². The zero-order valence-corrected chi connectivity index (χ0v) is 16.1. The van der Waals surface area contributed by atoms with Gasteiger partial charge in [-0.2, -0.15) is 9.40 Å². The van der Waals surface area contributed by atoms with Crippen molar-refractivity contribution in [1.82, 2.24) is 23.9 Å². The topological polar surface area (TPSA) is 89.7 Å². The summed E-state index contributed by atoms with van der Waals surface area (Å²) in [5, 5.41) is 4.56. The molecule has 3 aromatic heterocycles. The molecule has 0 amide bonds. The molecular formula is C16H19N5O3S2. The van der Waals surface area contributed by atoms with Gasteiger partial charge in [-0.25, -0.2) is 22.9 Å². The molecule has 4 rings (SSSR count). The SMILES string of the molecule is COc1ncc(S(=O)(=O)N2CCC(c3cn4ncnc4cc3C)CC2)s1. The lowest BCUT2D eigenvalue weighted by Crippen LogP contribution is -2.37. The van der Waals surface area contributed by atoms with E-state index in [2.05, 4.69) is 22.0 Å². The van der Waals surface area contributed by atoms with E-state index < -0.39 is 10.0 Å². The van der Waals surface area contributed by atoms with E-state index in [0.717, 1.165) is 29.8 Å². The minimum absolute atomic E-state index is 0.230. The Kier molecular flexibility index (Phi) is 4.41. The zero-order chi connectivity index (χ0) is 18.3. The van der Waals surface area contributed by atoms with Gasteiger partial charge in [0.05, 0.1) is 13.3 Å². The average molecular weight is 393 g/mol. The molecule has 4 heterocycles. The fourth-order valence-corrected chi connectivity index (χ4v) is 5.94. The predicted octanol–water partition coefficient (Wildman–Crippen LogP) is 2.07. The Hall–Kier alpha value is -2.04. The highest BCUT2D eigenvalue weighted by Gasteiger charge is 2.32. The van der Waals surface area contributed by atoms with Gasteiger partial charge in [0, 0.05) is 19.3 Å². The van der Waals surface area contributed by atoms with Crippen molar-refractivity contribution in [3.05, 3.63) is 35.9 Å². The van der Waals surface area contributed by atoms with Gasteiger partial charge in [-0.05, 0) is 42.9 Å². The van der Waals surface area contributed by atoms with E-state index in [1.165, 1.54) is 30.8 Å². The van der Waals surface area contributed by atoms with Gasteiger partial charge in [0.2, 0.25) is 0 Å². The third-order valence-corrected chi connectivity index (χ3v) is 8.08. The number of piperidine rings is 1. The molecule has 26 heavy (non-hydrogen) atoms. The molecule has 0 radical (unpaired) electrons. The standard InChI is InChI=1S/C16H19N5O3S2/c1-11-7-14-18-10-19-21(14)9-13(11)12-3-5-20(6-4-12)26(22,23)15-8-17-16(24-2)25-15/h7-10,12H,3-6H2,1-2H3. The Morgan fingerprint density at radius 2 is 2.04 bits per heavy atom. The van der Waals surface area contributed by atoms with Gasteiger partial charge in [-0.1, -0.05) is 11.3 Å². The van der Waals surface area contributed by atoms with Gasteiger partial charge >= 0.3 is 0 Å². The monoisotopic (exact) mass is 393 g/mol. The third-order valence-electron chi connectivity index (χ3n) is 4.79. The molecule has 0 aromatic carbocycles. The number of rotatable bonds is 4. The van der Waals surface area contributed by atoms with Crippen molar-refractivity contribution in [1.29, 1.82) is 0 Å². The van der Waals surface area contributed by atoms with E-state index in [-0.39, 0.29) is 4.21 Å². The Labute approximate surface area is 155 Å². The van der Waals surface area contributed by atoms with Crippen molar-refractivity contribution in [2.45, 2.75) is 29.9 Å². The van der Waals surface area contributed by atoms with Crippen LogP contribution >= 0.6 is 11.3 Å². The highest BCUT2D eigenvalue weighted by Crippen LogP contribution is 2.34. The van der Waals surface area contributed by atoms with Gasteiger partial charge in [0.1, 0.15) is 6.33 Å². The minimum Gasteiger partial charge on any atom is -0.473 e. The van der Waals surface area contributed by atoms with Crippen LogP contribution in [0.5, 0.6) is 5.19 Å². The van der Waals surface area contributed by atoms with Gasteiger partial charge in [-0.15, -0.1) is 0 Å². The molecule has 0 saturated carbocycles. The van der Waals surface area contributed by atoms with Crippen LogP contribution in [0, 0.1) is 6.92 Å². The molecular weight excluding hydrogens is 374 g/mol. The summed E-state index contributed by atoms with van der Waals surface area (Å²) in [6.07, 6.45) is 6.47. The van der Waals surface area contributed by atoms with Crippen LogP contribution in [-0.4, -0.2) is 52.5 Å². The summed E-state index contributed by atoms with van der Waals surface area (Å²) in [4.78, 5) is 8.17. The first-order chi connectivity index (χ1) is 12.5. The molecule has 0 bridgehead atoms. The van der Waals surface area contributed by atoms with Crippen LogP contribution in [0.1, 0.15) is 29.9 Å². The highest BCUT2D eigenvalue weighted by molar-refractivity contribution is 7.91.